The summed E-state index contributed by atoms with van der Waals surface area (Å²) >= 11 is 0. The van der Waals surface area contributed by atoms with E-state index in [0.717, 1.165) is 19.5 Å². The summed E-state index contributed by atoms with van der Waals surface area (Å²) < 4.78 is 0. The molecule has 4 heteroatoms. The Bertz CT molecular complexity index is 241. The molecule has 1 N–H and O–H groups in total. The Balaban J connectivity index is 1.93. The highest BCUT2D eigenvalue weighted by molar-refractivity contribution is 5.69. The van der Waals surface area contributed by atoms with Gasteiger partial charge in [-0.3, -0.25) is 9.69 Å². The molecular formula is C11H20N2O2. The van der Waals surface area contributed by atoms with E-state index in [0.29, 0.717) is 12.1 Å². The first-order valence-corrected chi connectivity index (χ1v) is 5.83. The van der Waals surface area contributed by atoms with E-state index in [1.54, 1.807) is 0 Å². The summed E-state index contributed by atoms with van der Waals surface area (Å²) in [6.07, 6.45) is 4.74. The lowest BCUT2D eigenvalue weighted by molar-refractivity contribution is -0.139. The average Bonchev–Trinajstić information content (AvgIpc) is 2.97. The molecule has 0 aromatic carbocycles. The van der Waals surface area contributed by atoms with Crippen LogP contribution in [0.15, 0.2) is 0 Å². The molecule has 0 spiro atoms. The van der Waals surface area contributed by atoms with Crippen molar-refractivity contribution < 1.29 is 9.90 Å². The van der Waals surface area contributed by atoms with Gasteiger partial charge in [-0.1, -0.05) is 0 Å². The third kappa shape index (κ3) is 2.92. The first kappa shape index (κ1) is 10.9. The number of hydrogen-bond acceptors (Lipinski definition) is 3. The monoisotopic (exact) mass is 212 g/mol. The summed E-state index contributed by atoms with van der Waals surface area (Å²) in [4.78, 5) is 15.3. The van der Waals surface area contributed by atoms with E-state index in [2.05, 4.69) is 16.8 Å². The van der Waals surface area contributed by atoms with Crippen LogP contribution in [-0.2, 0) is 4.79 Å². The number of aliphatic carboxylic acids is 1. The van der Waals surface area contributed by atoms with Crippen LogP contribution in [0, 0.1) is 0 Å². The summed E-state index contributed by atoms with van der Waals surface area (Å²) in [5.74, 6) is -0.685. The number of piperidine rings is 1. The Morgan fingerprint density at radius 2 is 2.13 bits per heavy atom. The summed E-state index contributed by atoms with van der Waals surface area (Å²) in [5.41, 5.74) is 0. The minimum Gasteiger partial charge on any atom is -0.480 e. The number of rotatable bonds is 4. The molecule has 2 fully saturated rings. The van der Waals surface area contributed by atoms with Crippen molar-refractivity contribution in [3.63, 3.8) is 0 Å². The highest BCUT2D eigenvalue weighted by Gasteiger charge is 2.36. The van der Waals surface area contributed by atoms with Gasteiger partial charge in [0.15, 0.2) is 0 Å². The van der Waals surface area contributed by atoms with Crippen LogP contribution < -0.4 is 0 Å². The van der Waals surface area contributed by atoms with Crippen LogP contribution in [0.25, 0.3) is 0 Å². The lowest BCUT2D eigenvalue weighted by Gasteiger charge is -2.37. The normalized spacial score (nSPS) is 28.3. The molecule has 2 rings (SSSR count). The molecule has 0 bridgehead atoms. The lowest BCUT2D eigenvalue weighted by atomic mass is 10.0. The van der Waals surface area contributed by atoms with Crippen molar-refractivity contribution in [3.05, 3.63) is 0 Å². The van der Waals surface area contributed by atoms with Gasteiger partial charge in [0.2, 0.25) is 0 Å². The molecule has 1 aliphatic carbocycles. The number of carboxylic acids is 1. The van der Waals surface area contributed by atoms with Crippen LogP contribution in [0.2, 0.25) is 0 Å². The van der Waals surface area contributed by atoms with Gasteiger partial charge >= 0.3 is 5.97 Å². The molecule has 1 atom stereocenters. The molecule has 1 saturated carbocycles. The zero-order chi connectivity index (χ0) is 10.8. The van der Waals surface area contributed by atoms with E-state index in [4.69, 9.17) is 5.11 Å². The maximum absolute atomic E-state index is 10.8. The van der Waals surface area contributed by atoms with Crippen molar-refractivity contribution in [2.45, 2.75) is 37.8 Å². The molecule has 2 aliphatic rings. The smallest absolute Gasteiger partial charge is 0.317 e. The fourth-order valence-corrected chi connectivity index (χ4v) is 2.53. The van der Waals surface area contributed by atoms with Gasteiger partial charge in [-0.05, 0) is 39.3 Å². The van der Waals surface area contributed by atoms with E-state index >= 15 is 0 Å². The van der Waals surface area contributed by atoms with Gasteiger partial charge in [-0.2, -0.15) is 0 Å². The third-order valence-electron chi connectivity index (χ3n) is 3.40. The zero-order valence-corrected chi connectivity index (χ0v) is 9.35. The largest absolute Gasteiger partial charge is 0.480 e. The van der Waals surface area contributed by atoms with E-state index in [9.17, 15) is 4.79 Å². The SMILES string of the molecule is CN1CCC[C@@H](N(CC(=O)O)C2CC2)C1. The number of likely N-dealkylation sites (tertiary alicyclic amines) is 1. The van der Waals surface area contributed by atoms with Crippen molar-refractivity contribution in [2.75, 3.05) is 26.7 Å². The van der Waals surface area contributed by atoms with Crippen LogP contribution in [0.3, 0.4) is 0 Å². The van der Waals surface area contributed by atoms with Gasteiger partial charge in [-0.25, -0.2) is 0 Å². The molecule has 0 radical (unpaired) electrons. The molecule has 0 unspecified atom stereocenters. The van der Waals surface area contributed by atoms with Gasteiger partial charge in [0.1, 0.15) is 0 Å². The lowest BCUT2D eigenvalue weighted by Crippen LogP contribution is -2.49. The number of carbonyl (C=O) groups is 1. The molecule has 0 aromatic rings. The highest BCUT2D eigenvalue weighted by Crippen LogP contribution is 2.30. The second kappa shape index (κ2) is 4.49. The summed E-state index contributed by atoms with van der Waals surface area (Å²) in [7, 11) is 2.12. The summed E-state index contributed by atoms with van der Waals surface area (Å²) in [6, 6.07) is 1.02. The molecule has 1 aliphatic heterocycles. The standard InChI is InChI=1S/C11H20N2O2/c1-12-6-2-3-10(7-12)13(8-11(14)15)9-4-5-9/h9-10H,2-8H2,1H3,(H,14,15)/t10-/m1/s1. The first-order valence-electron chi connectivity index (χ1n) is 5.83. The maximum Gasteiger partial charge on any atom is 0.317 e. The fraction of sp³-hybridized carbons (Fsp3) is 0.909. The van der Waals surface area contributed by atoms with Crippen molar-refractivity contribution in [2.24, 2.45) is 0 Å². The topological polar surface area (TPSA) is 43.8 Å². The Morgan fingerprint density at radius 1 is 1.40 bits per heavy atom. The van der Waals surface area contributed by atoms with E-state index < -0.39 is 5.97 Å². The molecule has 4 nitrogen and oxygen atoms in total. The molecule has 86 valence electrons. The van der Waals surface area contributed by atoms with E-state index in [1.807, 2.05) is 0 Å². The van der Waals surface area contributed by atoms with Gasteiger partial charge in [0.25, 0.3) is 0 Å². The quantitative estimate of drug-likeness (QED) is 0.742. The van der Waals surface area contributed by atoms with Gasteiger partial charge in [0.05, 0.1) is 6.54 Å². The predicted molar refractivity (Wildman–Crippen MR) is 57.9 cm³/mol. The van der Waals surface area contributed by atoms with E-state index in [-0.39, 0.29) is 6.54 Å². The second-order valence-corrected chi connectivity index (χ2v) is 4.86. The van der Waals surface area contributed by atoms with Crippen LogP contribution in [0.5, 0.6) is 0 Å². The van der Waals surface area contributed by atoms with E-state index in [1.165, 1.54) is 19.3 Å². The van der Waals surface area contributed by atoms with Crippen LogP contribution in [0.1, 0.15) is 25.7 Å². The number of nitrogens with zero attached hydrogens (tertiary/aromatic N) is 2. The Labute approximate surface area is 90.9 Å². The summed E-state index contributed by atoms with van der Waals surface area (Å²) in [5, 5.41) is 8.90. The van der Waals surface area contributed by atoms with Gasteiger partial charge in [-0.15, -0.1) is 0 Å². The van der Waals surface area contributed by atoms with Gasteiger partial charge < -0.3 is 10.0 Å². The number of carboxylic acid groups (broad SMARTS) is 1. The van der Waals surface area contributed by atoms with Crippen LogP contribution in [-0.4, -0.2) is 59.6 Å². The Morgan fingerprint density at radius 3 is 2.67 bits per heavy atom. The molecule has 0 aromatic heterocycles. The predicted octanol–water partition coefficient (Wildman–Crippen LogP) is 0.630. The zero-order valence-electron chi connectivity index (χ0n) is 9.35. The maximum atomic E-state index is 10.8. The molecule has 1 heterocycles. The number of likely N-dealkylation sites (N-methyl/N-ethyl adjacent to an activating group) is 1. The Hall–Kier alpha value is -0.610. The average molecular weight is 212 g/mol. The molecule has 15 heavy (non-hydrogen) atoms. The fourth-order valence-electron chi connectivity index (χ4n) is 2.53. The minimum atomic E-state index is -0.685. The molecule has 1 saturated heterocycles. The molecular weight excluding hydrogens is 192 g/mol. The van der Waals surface area contributed by atoms with Crippen LogP contribution in [0.4, 0.5) is 0 Å². The van der Waals surface area contributed by atoms with Gasteiger partial charge in [0, 0.05) is 18.6 Å². The van der Waals surface area contributed by atoms with Crippen LogP contribution >= 0.6 is 0 Å². The molecule has 0 amide bonds. The second-order valence-electron chi connectivity index (χ2n) is 4.86. The highest BCUT2D eigenvalue weighted by atomic mass is 16.4. The van der Waals surface area contributed by atoms with Crippen molar-refractivity contribution in [1.29, 1.82) is 0 Å². The number of hydrogen-bond donors (Lipinski definition) is 1. The van der Waals surface area contributed by atoms with Crippen molar-refractivity contribution in [1.82, 2.24) is 9.80 Å². The minimum absolute atomic E-state index is 0.225. The van der Waals surface area contributed by atoms with Crippen molar-refractivity contribution in [3.8, 4) is 0 Å². The van der Waals surface area contributed by atoms with Crippen molar-refractivity contribution >= 4 is 5.97 Å². The third-order valence-corrected chi connectivity index (χ3v) is 3.40. The first-order chi connectivity index (χ1) is 7.16. The Kier molecular flexibility index (Phi) is 3.26. The summed E-state index contributed by atoms with van der Waals surface area (Å²) in [6.45, 7) is 2.41.